The second-order valence-electron chi connectivity index (χ2n) is 6.62. The number of amides is 1. The lowest BCUT2D eigenvalue weighted by atomic mass is 10.2. The Balaban J connectivity index is 1.71. The van der Waals surface area contributed by atoms with Gasteiger partial charge in [0.05, 0.1) is 0 Å². The van der Waals surface area contributed by atoms with E-state index in [2.05, 4.69) is 45.9 Å². The Morgan fingerprint density at radius 1 is 1.15 bits per heavy atom. The van der Waals surface area contributed by atoms with Gasteiger partial charge in [0.25, 0.3) is 5.91 Å². The molecular weight excluding hydrogens is 340 g/mol. The molecule has 0 aliphatic rings. The molecule has 0 radical (unpaired) electrons. The van der Waals surface area contributed by atoms with E-state index in [1.54, 1.807) is 12.3 Å². The van der Waals surface area contributed by atoms with Crippen LogP contribution >= 0.6 is 0 Å². The van der Waals surface area contributed by atoms with E-state index in [-0.39, 0.29) is 11.7 Å². The number of aromatic amines is 1. The fraction of sp³-hybridized carbons (Fsp3) is 0.333. The highest BCUT2D eigenvalue weighted by atomic mass is 16.2. The molecule has 6 heteroatoms. The summed E-state index contributed by atoms with van der Waals surface area (Å²) in [5.74, 6) is -0.333. The van der Waals surface area contributed by atoms with E-state index in [1.165, 1.54) is 6.92 Å². The first-order chi connectivity index (χ1) is 13.0. The van der Waals surface area contributed by atoms with Crippen LogP contribution < -0.4 is 5.32 Å². The summed E-state index contributed by atoms with van der Waals surface area (Å²) in [5, 5.41) is 3.97. The van der Waals surface area contributed by atoms with Crippen LogP contribution in [0, 0.1) is 0 Å². The quantitative estimate of drug-likeness (QED) is 0.596. The molecule has 3 rings (SSSR count). The van der Waals surface area contributed by atoms with E-state index in [1.807, 2.05) is 18.2 Å². The molecule has 0 bridgehead atoms. The van der Waals surface area contributed by atoms with Crippen LogP contribution in [0.4, 0.5) is 5.69 Å². The topological polar surface area (TPSA) is 70.1 Å². The zero-order valence-electron chi connectivity index (χ0n) is 16.1. The molecule has 0 fully saturated rings. The number of benzene rings is 1. The summed E-state index contributed by atoms with van der Waals surface area (Å²) >= 11 is 0. The van der Waals surface area contributed by atoms with Gasteiger partial charge in [-0.3, -0.25) is 9.59 Å². The minimum Gasteiger partial charge on any atom is -0.356 e. The molecule has 0 spiro atoms. The van der Waals surface area contributed by atoms with Crippen molar-refractivity contribution in [1.29, 1.82) is 0 Å². The molecule has 27 heavy (non-hydrogen) atoms. The number of carbonyl (C=O) groups excluding carboxylic acids is 2. The predicted molar refractivity (Wildman–Crippen MR) is 108 cm³/mol. The van der Waals surface area contributed by atoms with Crippen LogP contribution in [0.2, 0.25) is 0 Å². The molecule has 0 saturated heterocycles. The molecule has 1 amide bonds. The number of aromatic nitrogens is 2. The number of rotatable bonds is 8. The molecular formula is C21H26N4O2. The Kier molecular flexibility index (Phi) is 5.76. The van der Waals surface area contributed by atoms with E-state index >= 15 is 0 Å². The van der Waals surface area contributed by atoms with Crippen molar-refractivity contribution in [3.05, 3.63) is 54.0 Å². The maximum absolute atomic E-state index is 12.4. The summed E-state index contributed by atoms with van der Waals surface area (Å²) in [4.78, 5) is 29.0. The van der Waals surface area contributed by atoms with Crippen LogP contribution in [0.1, 0.15) is 41.6 Å². The average molecular weight is 366 g/mol. The largest absolute Gasteiger partial charge is 0.356 e. The van der Waals surface area contributed by atoms with Crippen LogP contribution in [-0.2, 0) is 6.54 Å². The summed E-state index contributed by atoms with van der Waals surface area (Å²) < 4.78 is 2.24. The van der Waals surface area contributed by atoms with Gasteiger partial charge < -0.3 is 19.8 Å². The molecule has 0 saturated carbocycles. The number of anilines is 1. The number of likely N-dealkylation sites (N-methyl/N-ethyl adjacent to an activating group) is 1. The zero-order chi connectivity index (χ0) is 19.4. The second kappa shape index (κ2) is 8.22. The van der Waals surface area contributed by atoms with Crippen molar-refractivity contribution in [2.24, 2.45) is 0 Å². The Bertz CT molecular complexity index is 950. The third kappa shape index (κ3) is 4.28. The molecule has 2 aromatic heterocycles. The highest BCUT2D eigenvalue weighted by Gasteiger charge is 2.12. The average Bonchev–Trinajstić information content (AvgIpc) is 3.30. The highest BCUT2D eigenvalue weighted by Crippen LogP contribution is 2.21. The van der Waals surface area contributed by atoms with E-state index < -0.39 is 0 Å². The molecule has 0 unspecified atom stereocenters. The summed E-state index contributed by atoms with van der Waals surface area (Å²) in [6.07, 6.45) is 3.64. The van der Waals surface area contributed by atoms with Gasteiger partial charge in [-0.25, -0.2) is 0 Å². The van der Waals surface area contributed by atoms with Crippen molar-refractivity contribution in [2.45, 2.75) is 27.3 Å². The van der Waals surface area contributed by atoms with Crippen LogP contribution in [-0.4, -0.2) is 45.8 Å². The van der Waals surface area contributed by atoms with Crippen LogP contribution in [0.5, 0.6) is 0 Å². The molecule has 1 aromatic carbocycles. The normalized spacial score (nSPS) is 11.3. The Morgan fingerprint density at radius 2 is 1.93 bits per heavy atom. The lowest BCUT2D eigenvalue weighted by Gasteiger charge is -2.18. The first-order valence-electron chi connectivity index (χ1n) is 9.33. The second-order valence-corrected chi connectivity index (χ2v) is 6.62. The Hall–Kier alpha value is -2.86. The van der Waals surface area contributed by atoms with Crippen LogP contribution in [0.25, 0.3) is 10.9 Å². The number of H-pyrrole nitrogens is 1. The first kappa shape index (κ1) is 18.9. The van der Waals surface area contributed by atoms with Crippen molar-refractivity contribution in [2.75, 3.05) is 25.0 Å². The number of ketones is 1. The van der Waals surface area contributed by atoms with Gasteiger partial charge in [-0.15, -0.1) is 0 Å². The number of carbonyl (C=O) groups is 2. The third-order valence-corrected chi connectivity index (χ3v) is 4.91. The molecule has 6 nitrogen and oxygen atoms in total. The van der Waals surface area contributed by atoms with E-state index in [4.69, 9.17) is 0 Å². The minimum absolute atomic E-state index is 0.0715. The van der Waals surface area contributed by atoms with Gasteiger partial charge in [0.1, 0.15) is 5.69 Å². The summed E-state index contributed by atoms with van der Waals surface area (Å²) in [7, 11) is 0. The summed E-state index contributed by atoms with van der Waals surface area (Å²) in [6.45, 7) is 9.88. The maximum atomic E-state index is 12.4. The van der Waals surface area contributed by atoms with Crippen molar-refractivity contribution in [3.8, 4) is 0 Å². The molecule has 142 valence electrons. The van der Waals surface area contributed by atoms with Gasteiger partial charge in [0.2, 0.25) is 0 Å². The molecule has 3 aromatic rings. The fourth-order valence-corrected chi connectivity index (χ4v) is 3.19. The third-order valence-electron chi connectivity index (χ3n) is 4.91. The number of hydrogen-bond donors (Lipinski definition) is 2. The summed E-state index contributed by atoms with van der Waals surface area (Å²) in [6, 6.07) is 9.54. The number of nitrogens with zero attached hydrogens (tertiary/aromatic N) is 2. The van der Waals surface area contributed by atoms with Gasteiger partial charge in [-0.05, 0) is 50.3 Å². The van der Waals surface area contributed by atoms with Crippen molar-refractivity contribution in [1.82, 2.24) is 14.5 Å². The minimum atomic E-state index is -0.261. The first-order valence-corrected chi connectivity index (χ1v) is 9.33. The van der Waals surface area contributed by atoms with Gasteiger partial charge in [-0.2, -0.15) is 0 Å². The monoisotopic (exact) mass is 366 g/mol. The van der Waals surface area contributed by atoms with Crippen LogP contribution in [0.15, 0.2) is 42.7 Å². The zero-order valence-corrected chi connectivity index (χ0v) is 16.1. The lowest BCUT2D eigenvalue weighted by Crippen LogP contribution is -2.26. The van der Waals surface area contributed by atoms with Gasteiger partial charge in [0, 0.05) is 47.6 Å². The fourth-order valence-electron chi connectivity index (χ4n) is 3.19. The SMILES string of the molecule is CCN(CC)CCn1ccc2cc(NC(=O)c3cc(C(C)=O)c[nH]3)ccc21. The predicted octanol–water partition coefficient (Wildman–Crippen LogP) is 3.77. The Morgan fingerprint density at radius 3 is 2.59 bits per heavy atom. The molecule has 2 heterocycles. The Labute approximate surface area is 159 Å². The maximum Gasteiger partial charge on any atom is 0.272 e. The van der Waals surface area contributed by atoms with E-state index in [0.717, 1.165) is 42.8 Å². The standard InChI is InChI=1S/C21H26N4O2/c1-4-24(5-2)10-11-25-9-8-16-12-18(6-7-20(16)25)23-21(27)19-13-17(14-22-19)15(3)26/h6-9,12-14,22H,4-5,10-11H2,1-3H3,(H,23,27). The van der Waals surface area contributed by atoms with E-state index in [9.17, 15) is 9.59 Å². The molecule has 0 aliphatic carbocycles. The smallest absolute Gasteiger partial charge is 0.272 e. The van der Waals surface area contributed by atoms with Crippen molar-refractivity contribution >= 4 is 28.3 Å². The summed E-state index contributed by atoms with van der Waals surface area (Å²) in [5.41, 5.74) is 2.75. The number of nitrogens with one attached hydrogen (secondary N) is 2. The van der Waals surface area contributed by atoms with Crippen LogP contribution in [0.3, 0.4) is 0 Å². The number of fused-ring (bicyclic) bond motifs is 1. The van der Waals surface area contributed by atoms with Crippen molar-refractivity contribution < 1.29 is 9.59 Å². The van der Waals surface area contributed by atoms with E-state index in [0.29, 0.717) is 11.3 Å². The molecule has 2 N–H and O–H groups in total. The number of hydrogen-bond acceptors (Lipinski definition) is 3. The molecule has 0 atom stereocenters. The van der Waals surface area contributed by atoms with Gasteiger partial charge in [-0.1, -0.05) is 13.8 Å². The number of Topliss-reactive ketones (excluding diaryl/α,β-unsaturated/α-hetero) is 1. The van der Waals surface area contributed by atoms with Gasteiger partial charge in [0.15, 0.2) is 5.78 Å². The lowest BCUT2D eigenvalue weighted by molar-refractivity contribution is 0.101. The highest BCUT2D eigenvalue weighted by molar-refractivity contribution is 6.06. The van der Waals surface area contributed by atoms with Crippen molar-refractivity contribution in [3.63, 3.8) is 0 Å². The van der Waals surface area contributed by atoms with Gasteiger partial charge >= 0.3 is 0 Å². The molecule has 0 aliphatic heterocycles.